The predicted molar refractivity (Wildman–Crippen MR) is 92.6 cm³/mol. The van der Waals surface area contributed by atoms with E-state index in [2.05, 4.69) is 32.7 Å². The molecule has 6 nitrogen and oxygen atoms in total. The molecule has 0 radical (unpaired) electrons. The zero-order chi connectivity index (χ0) is 15.5. The second-order valence-corrected chi connectivity index (χ2v) is 6.66. The molecule has 0 spiro atoms. The van der Waals surface area contributed by atoms with Gasteiger partial charge in [0.15, 0.2) is 6.23 Å². The molecule has 3 rings (SSSR count). The van der Waals surface area contributed by atoms with Gasteiger partial charge in [-0.15, -0.1) is 0 Å². The fourth-order valence-corrected chi connectivity index (χ4v) is 3.57. The Morgan fingerprint density at radius 3 is 3.05 bits per heavy atom. The molecule has 0 aromatic carbocycles. The number of hydrogen-bond acceptors (Lipinski definition) is 5. The van der Waals surface area contributed by atoms with E-state index in [-0.39, 0.29) is 18.8 Å². The molecule has 0 aliphatic carbocycles. The molecule has 0 saturated carbocycles. The monoisotopic (exact) mass is 416 g/mol. The van der Waals surface area contributed by atoms with Crippen molar-refractivity contribution in [1.82, 2.24) is 14.8 Å². The Morgan fingerprint density at radius 2 is 2.36 bits per heavy atom. The minimum atomic E-state index is -0.0144. The largest absolute Gasteiger partial charge is 0.396 e. The predicted octanol–water partition coefficient (Wildman–Crippen LogP) is 2.16. The van der Waals surface area contributed by atoms with Gasteiger partial charge in [-0.25, -0.2) is 4.68 Å². The number of pyridine rings is 1. The van der Waals surface area contributed by atoms with Crippen LogP contribution < -0.4 is 5.73 Å². The van der Waals surface area contributed by atoms with Gasteiger partial charge in [-0.2, -0.15) is 5.10 Å². The average molecular weight is 416 g/mol. The fraction of sp³-hybridized carbons (Fsp3) is 0.600. The molecule has 7 heteroatoms. The fourth-order valence-electron chi connectivity index (χ4n) is 2.91. The third kappa shape index (κ3) is 3.12. The van der Waals surface area contributed by atoms with E-state index < -0.39 is 0 Å². The number of hydrogen-bond donors (Lipinski definition) is 2. The molecule has 2 aromatic rings. The maximum atomic E-state index is 9.52. The van der Waals surface area contributed by atoms with Crippen LogP contribution in [0.4, 0.5) is 0 Å². The first-order chi connectivity index (χ1) is 10.7. The number of rotatable bonds is 5. The molecule has 2 aromatic heterocycles. The van der Waals surface area contributed by atoms with Crippen LogP contribution in [0.1, 0.15) is 43.5 Å². The number of aliphatic hydroxyl groups is 1. The smallest absolute Gasteiger partial charge is 0.150 e. The zero-order valence-corrected chi connectivity index (χ0v) is 14.6. The standard InChI is InChI=1S/C15H21IN4O2/c16-15-11-7-12(10(9-21)4-5-17)18-8-13(11)20(19-15)14-3-1-2-6-22-14/h7-8,10,14,21H,1-6,9,17H2/t10-,14?/m0/s1. The normalized spacial score (nSPS) is 20.4. The molecule has 1 aliphatic rings. The van der Waals surface area contributed by atoms with Crippen molar-refractivity contribution < 1.29 is 9.84 Å². The van der Waals surface area contributed by atoms with E-state index in [0.717, 1.165) is 52.6 Å². The average Bonchev–Trinajstić information content (AvgIpc) is 2.90. The van der Waals surface area contributed by atoms with Crippen LogP contribution in [0, 0.1) is 3.70 Å². The van der Waals surface area contributed by atoms with Gasteiger partial charge in [0.05, 0.1) is 18.3 Å². The van der Waals surface area contributed by atoms with Crippen LogP contribution in [0.3, 0.4) is 0 Å². The van der Waals surface area contributed by atoms with Crippen LogP contribution in [0.5, 0.6) is 0 Å². The van der Waals surface area contributed by atoms with Gasteiger partial charge in [0.1, 0.15) is 3.70 Å². The third-order valence-corrected chi connectivity index (χ3v) is 4.95. The van der Waals surface area contributed by atoms with E-state index in [0.29, 0.717) is 6.54 Å². The topological polar surface area (TPSA) is 86.2 Å². The SMILES string of the molecule is NCC[C@@H](CO)c1cc2c(I)nn(C3CCCCO3)c2cn1. The molecule has 0 amide bonds. The lowest BCUT2D eigenvalue weighted by Gasteiger charge is -2.23. The van der Waals surface area contributed by atoms with Crippen molar-refractivity contribution in [2.45, 2.75) is 37.8 Å². The lowest BCUT2D eigenvalue weighted by atomic mass is 10.0. The molecule has 3 heterocycles. The van der Waals surface area contributed by atoms with Crippen molar-refractivity contribution in [3.8, 4) is 0 Å². The first-order valence-electron chi connectivity index (χ1n) is 7.70. The van der Waals surface area contributed by atoms with Crippen LogP contribution >= 0.6 is 22.6 Å². The highest BCUT2D eigenvalue weighted by molar-refractivity contribution is 14.1. The van der Waals surface area contributed by atoms with Crippen molar-refractivity contribution in [3.05, 3.63) is 21.7 Å². The Kier molecular flexibility index (Phi) is 5.27. The Bertz CT molecular complexity index is 640. The molecular formula is C15H21IN4O2. The summed E-state index contributed by atoms with van der Waals surface area (Å²) in [6, 6.07) is 2.03. The quantitative estimate of drug-likeness (QED) is 0.730. The number of nitrogens with two attached hydrogens (primary N) is 1. The Hall–Kier alpha value is -0.770. The second kappa shape index (κ2) is 7.20. The van der Waals surface area contributed by atoms with Crippen LogP contribution in [-0.4, -0.2) is 39.6 Å². The number of aliphatic hydroxyl groups excluding tert-OH is 1. The molecule has 1 saturated heterocycles. The maximum absolute atomic E-state index is 9.52. The van der Waals surface area contributed by atoms with Crippen LogP contribution in [0.25, 0.3) is 10.9 Å². The highest BCUT2D eigenvalue weighted by atomic mass is 127. The van der Waals surface area contributed by atoms with Crippen molar-refractivity contribution in [2.75, 3.05) is 19.8 Å². The van der Waals surface area contributed by atoms with Crippen molar-refractivity contribution in [3.63, 3.8) is 0 Å². The van der Waals surface area contributed by atoms with Gasteiger partial charge in [0.25, 0.3) is 0 Å². The zero-order valence-electron chi connectivity index (χ0n) is 12.4. The van der Waals surface area contributed by atoms with Gasteiger partial charge in [0.2, 0.25) is 0 Å². The highest BCUT2D eigenvalue weighted by Gasteiger charge is 2.21. The van der Waals surface area contributed by atoms with Gasteiger partial charge in [-0.1, -0.05) is 0 Å². The Morgan fingerprint density at radius 1 is 1.50 bits per heavy atom. The summed E-state index contributed by atoms with van der Waals surface area (Å²) < 4.78 is 8.72. The summed E-state index contributed by atoms with van der Waals surface area (Å²) in [7, 11) is 0. The molecule has 1 fully saturated rings. The number of fused-ring (bicyclic) bond motifs is 1. The minimum Gasteiger partial charge on any atom is -0.396 e. The molecule has 1 aliphatic heterocycles. The number of aromatic nitrogens is 3. The number of nitrogens with zero attached hydrogens (tertiary/aromatic N) is 3. The second-order valence-electron chi connectivity index (χ2n) is 5.64. The van der Waals surface area contributed by atoms with E-state index in [1.54, 1.807) is 0 Å². The van der Waals surface area contributed by atoms with E-state index >= 15 is 0 Å². The Labute approximate surface area is 143 Å². The summed E-state index contributed by atoms with van der Waals surface area (Å²) in [6.45, 7) is 1.39. The van der Waals surface area contributed by atoms with Crippen LogP contribution in [0.2, 0.25) is 0 Å². The molecule has 2 atom stereocenters. The summed E-state index contributed by atoms with van der Waals surface area (Å²) in [5.74, 6) is -0.0144. The van der Waals surface area contributed by atoms with E-state index in [1.165, 1.54) is 0 Å². The summed E-state index contributed by atoms with van der Waals surface area (Å²) >= 11 is 2.25. The van der Waals surface area contributed by atoms with Gasteiger partial charge in [-0.05, 0) is 60.9 Å². The summed E-state index contributed by atoms with van der Waals surface area (Å²) in [5, 5.41) is 15.2. The summed E-state index contributed by atoms with van der Waals surface area (Å²) in [4.78, 5) is 4.53. The van der Waals surface area contributed by atoms with Crippen molar-refractivity contribution >= 4 is 33.5 Å². The molecular weight excluding hydrogens is 395 g/mol. The van der Waals surface area contributed by atoms with Gasteiger partial charge in [-0.3, -0.25) is 4.98 Å². The highest BCUT2D eigenvalue weighted by Crippen LogP contribution is 2.30. The number of ether oxygens (including phenoxy) is 1. The minimum absolute atomic E-state index is 0.00472. The van der Waals surface area contributed by atoms with E-state index in [4.69, 9.17) is 10.5 Å². The summed E-state index contributed by atoms with van der Waals surface area (Å²) in [6.07, 6.45) is 5.85. The van der Waals surface area contributed by atoms with E-state index in [1.807, 2.05) is 16.9 Å². The molecule has 22 heavy (non-hydrogen) atoms. The van der Waals surface area contributed by atoms with Gasteiger partial charge < -0.3 is 15.6 Å². The van der Waals surface area contributed by atoms with Crippen molar-refractivity contribution in [1.29, 1.82) is 0 Å². The van der Waals surface area contributed by atoms with Crippen LogP contribution in [-0.2, 0) is 4.74 Å². The van der Waals surface area contributed by atoms with E-state index in [9.17, 15) is 5.11 Å². The van der Waals surface area contributed by atoms with Gasteiger partial charge in [0, 0.05) is 23.6 Å². The molecule has 3 N–H and O–H groups in total. The van der Waals surface area contributed by atoms with Crippen LogP contribution in [0.15, 0.2) is 12.3 Å². The Balaban J connectivity index is 1.97. The number of halogens is 1. The van der Waals surface area contributed by atoms with Gasteiger partial charge >= 0.3 is 0 Å². The van der Waals surface area contributed by atoms with Crippen molar-refractivity contribution in [2.24, 2.45) is 5.73 Å². The lowest BCUT2D eigenvalue weighted by Crippen LogP contribution is -2.19. The maximum Gasteiger partial charge on any atom is 0.150 e. The molecule has 0 bridgehead atoms. The lowest BCUT2D eigenvalue weighted by molar-refractivity contribution is -0.0369. The first-order valence-corrected chi connectivity index (χ1v) is 8.78. The first kappa shape index (κ1) is 16.1. The third-order valence-electron chi connectivity index (χ3n) is 4.15. The summed E-state index contributed by atoms with van der Waals surface area (Å²) in [5.41, 5.74) is 7.48. The molecule has 1 unspecified atom stereocenters. The molecule has 120 valence electrons.